The van der Waals surface area contributed by atoms with Crippen molar-refractivity contribution in [3.05, 3.63) is 73.8 Å². The molecule has 0 saturated heterocycles. The average molecular weight is 410 g/mol. The van der Waals surface area contributed by atoms with E-state index in [0.717, 1.165) is 11.6 Å². The number of rotatable bonds is 6. The van der Waals surface area contributed by atoms with Crippen LogP contribution in [0.25, 0.3) is 0 Å². The first kappa shape index (κ1) is 20.7. The van der Waals surface area contributed by atoms with Crippen molar-refractivity contribution in [3.63, 3.8) is 0 Å². The topological polar surface area (TPSA) is 92.5 Å². The van der Waals surface area contributed by atoms with Gasteiger partial charge in [0.1, 0.15) is 6.04 Å². The van der Waals surface area contributed by atoms with Crippen molar-refractivity contribution >= 4 is 40.7 Å². The number of halogens is 2. The average Bonchev–Trinajstić information content (AvgIpc) is 2.64. The Bertz CT molecular complexity index is 889. The number of likely N-dealkylation sites (N-methyl/N-ethyl adjacent to an activating group) is 1. The van der Waals surface area contributed by atoms with Gasteiger partial charge in [-0.3, -0.25) is 19.7 Å². The monoisotopic (exact) mass is 409 g/mol. The van der Waals surface area contributed by atoms with Crippen molar-refractivity contribution < 1.29 is 14.5 Å². The Kier molecular flexibility index (Phi) is 6.76. The number of nitro groups is 1. The van der Waals surface area contributed by atoms with Gasteiger partial charge in [0, 0.05) is 31.3 Å². The van der Waals surface area contributed by atoms with Gasteiger partial charge in [-0.05, 0) is 30.7 Å². The standard InChI is InChI=1S/C18H17Cl2N3O4/c1-11(21-17(24)13-4-3-5-14(9-13)23(26)27)18(25)22(2)10-12-6-7-15(19)16(20)8-12/h3-9,11H,10H2,1-2H3,(H,21,24). The van der Waals surface area contributed by atoms with Crippen LogP contribution in [0.3, 0.4) is 0 Å². The fraction of sp³-hybridized carbons (Fsp3) is 0.222. The smallest absolute Gasteiger partial charge is 0.270 e. The Labute approximate surface area is 166 Å². The lowest BCUT2D eigenvalue weighted by Crippen LogP contribution is -2.45. The molecule has 2 rings (SSSR count). The summed E-state index contributed by atoms with van der Waals surface area (Å²) < 4.78 is 0. The second-order valence-corrected chi connectivity index (χ2v) is 6.76. The fourth-order valence-electron chi connectivity index (χ4n) is 2.42. The number of nitro benzene ring substituents is 1. The van der Waals surface area contributed by atoms with E-state index in [2.05, 4.69) is 5.32 Å². The normalized spacial score (nSPS) is 11.6. The van der Waals surface area contributed by atoms with E-state index in [1.807, 2.05) is 0 Å². The summed E-state index contributed by atoms with van der Waals surface area (Å²) in [6, 6.07) is 9.55. The first-order valence-corrected chi connectivity index (χ1v) is 8.69. The molecule has 2 amide bonds. The van der Waals surface area contributed by atoms with E-state index in [9.17, 15) is 19.7 Å². The fourth-order valence-corrected chi connectivity index (χ4v) is 2.74. The zero-order chi connectivity index (χ0) is 20.1. The van der Waals surface area contributed by atoms with E-state index in [-0.39, 0.29) is 23.7 Å². The lowest BCUT2D eigenvalue weighted by Gasteiger charge is -2.22. The maximum Gasteiger partial charge on any atom is 0.270 e. The van der Waals surface area contributed by atoms with Gasteiger partial charge in [0.25, 0.3) is 11.6 Å². The maximum atomic E-state index is 12.5. The lowest BCUT2D eigenvalue weighted by molar-refractivity contribution is -0.384. The molecule has 1 atom stereocenters. The maximum absolute atomic E-state index is 12.5. The molecule has 0 spiro atoms. The Hall–Kier alpha value is -2.64. The molecule has 0 fully saturated rings. The summed E-state index contributed by atoms with van der Waals surface area (Å²) in [5, 5.41) is 14.2. The van der Waals surface area contributed by atoms with Crippen LogP contribution in [0.5, 0.6) is 0 Å². The van der Waals surface area contributed by atoms with Crippen molar-refractivity contribution in [2.75, 3.05) is 7.05 Å². The highest BCUT2D eigenvalue weighted by molar-refractivity contribution is 6.42. The molecule has 9 heteroatoms. The number of nitrogens with zero attached hydrogens (tertiary/aromatic N) is 2. The lowest BCUT2D eigenvalue weighted by atomic mass is 10.1. The van der Waals surface area contributed by atoms with Crippen LogP contribution in [0.1, 0.15) is 22.8 Å². The molecule has 0 heterocycles. The van der Waals surface area contributed by atoms with Crippen LogP contribution in [0.2, 0.25) is 10.0 Å². The zero-order valence-corrected chi connectivity index (χ0v) is 16.1. The molecule has 0 aliphatic carbocycles. The predicted molar refractivity (Wildman–Crippen MR) is 103 cm³/mol. The summed E-state index contributed by atoms with van der Waals surface area (Å²) in [5.74, 6) is -0.887. The molecule has 0 aromatic heterocycles. The van der Waals surface area contributed by atoms with Gasteiger partial charge in [-0.1, -0.05) is 35.3 Å². The van der Waals surface area contributed by atoms with Gasteiger partial charge in [0.2, 0.25) is 5.91 Å². The molecule has 2 aromatic carbocycles. The molecule has 0 saturated carbocycles. The second kappa shape index (κ2) is 8.83. The Morgan fingerprint density at radius 1 is 1.19 bits per heavy atom. The first-order valence-electron chi connectivity index (χ1n) is 7.93. The van der Waals surface area contributed by atoms with E-state index >= 15 is 0 Å². The van der Waals surface area contributed by atoms with E-state index in [1.54, 1.807) is 32.2 Å². The Balaban J connectivity index is 2.01. The third kappa shape index (κ3) is 5.42. The highest BCUT2D eigenvalue weighted by Gasteiger charge is 2.21. The summed E-state index contributed by atoms with van der Waals surface area (Å²) in [4.78, 5) is 36.4. The van der Waals surface area contributed by atoms with E-state index in [0.29, 0.717) is 10.0 Å². The van der Waals surface area contributed by atoms with Gasteiger partial charge < -0.3 is 10.2 Å². The van der Waals surface area contributed by atoms with Gasteiger partial charge in [0.15, 0.2) is 0 Å². The molecular weight excluding hydrogens is 393 g/mol. The number of hydrogen-bond donors (Lipinski definition) is 1. The summed E-state index contributed by atoms with van der Waals surface area (Å²) >= 11 is 11.8. The number of nitrogens with one attached hydrogen (secondary N) is 1. The Morgan fingerprint density at radius 2 is 1.89 bits per heavy atom. The number of hydrogen-bond acceptors (Lipinski definition) is 4. The third-order valence-corrected chi connectivity index (χ3v) is 4.56. The summed E-state index contributed by atoms with van der Waals surface area (Å²) in [5.41, 5.74) is 0.701. The van der Waals surface area contributed by atoms with E-state index < -0.39 is 16.9 Å². The number of carbonyl (C=O) groups excluding carboxylic acids is 2. The van der Waals surface area contributed by atoms with Crippen molar-refractivity contribution in [3.8, 4) is 0 Å². The molecule has 0 radical (unpaired) electrons. The van der Waals surface area contributed by atoms with Gasteiger partial charge in [-0.25, -0.2) is 0 Å². The molecule has 0 aliphatic rings. The van der Waals surface area contributed by atoms with Crippen LogP contribution in [0.15, 0.2) is 42.5 Å². The van der Waals surface area contributed by atoms with Crippen molar-refractivity contribution in [2.24, 2.45) is 0 Å². The second-order valence-electron chi connectivity index (χ2n) is 5.95. The van der Waals surface area contributed by atoms with Crippen molar-refractivity contribution in [1.29, 1.82) is 0 Å². The first-order chi connectivity index (χ1) is 12.7. The molecular formula is C18H17Cl2N3O4. The molecule has 7 nitrogen and oxygen atoms in total. The van der Waals surface area contributed by atoms with Gasteiger partial charge in [-0.15, -0.1) is 0 Å². The van der Waals surface area contributed by atoms with Crippen molar-refractivity contribution in [1.82, 2.24) is 10.2 Å². The minimum atomic E-state index is -0.815. The van der Waals surface area contributed by atoms with Crippen LogP contribution in [-0.4, -0.2) is 34.7 Å². The van der Waals surface area contributed by atoms with Crippen LogP contribution in [-0.2, 0) is 11.3 Å². The number of amides is 2. The highest BCUT2D eigenvalue weighted by atomic mass is 35.5. The number of benzene rings is 2. The summed E-state index contributed by atoms with van der Waals surface area (Å²) in [6.45, 7) is 1.83. The highest BCUT2D eigenvalue weighted by Crippen LogP contribution is 2.23. The number of non-ortho nitro benzene ring substituents is 1. The van der Waals surface area contributed by atoms with Crippen molar-refractivity contribution in [2.45, 2.75) is 19.5 Å². The van der Waals surface area contributed by atoms with E-state index in [1.165, 1.54) is 23.1 Å². The zero-order valence-electron chi connectivity index (χ0n) is 14.6. The minimum Gasteiger partial charge on any atom is -0.341 e. The SMILES string of the molecule is CC(NC(=O)c1cccc([N+](=O)[O-])c1)C(=O)N(C)Cc1ccc(Cl)c(Cl)c1. The van der Waals surface area contributed by atoms with E-state index in [4.69, 9.17) is 23.2 Å². The van der Waals surface area contributed by atoms with Gasteiger partial charge in [0.05, 0.1) is 15.0 Å². The van der Waals surface area contributed by atoms with Crippen LogP contribution in [0.4, 0.5) is 5.69 Å². The molecule has 142 valence electrons. The Morgan fingerprint density at radius 3 is 2.52 bits per heavy atom. The van der Waals surface area contributed by atoms with Gasteiger partial charge in [-0.2, -0.15) is 0 Å². The molecule has 1 N–H and O–H groups in total. The number of carbonyl (C=O) groups is 2. The summed E-state index contributed by atoms with van der Waals surface area (Å²) in [6.07, 6.45) is 0. The van der Waals surface area contributed by atoms with Crippen LogP contribution in [0, 0.1) is 10.1 Å². The minimum absolute atomic E-state index is 0.107. The summed E-state index contributed by atoms with van der Waals surface area (Å²) in [7, 11) is 1.60. The molecule has 1 unspecified atom stereocenters. The van der Waals surface area contributed by atoms with Crippen LogP contribution >= 0.6 is 23.2 Å². The molecule has 0 bridgehead atoms. The molecule has 0 aliphatic heterocycles. The predicted octanol–water partition coefficient (Wildman–Crippen LogP) is 3.68. The third-order valence-electron chi connectivity index (χ3n) is 3.82. The quantitative estimate of drug-likeness (QED) is 0.581. The molecule has 27 heavy (non-hydrogen) atoms. The largest absolute Gasteiger partial charge is 0.341 e. The van der Waals surface area contributed by atoms with Crippen LogP contribution < -0.4 is 5.32 Å². The van der Waals surface area contributed by atoms with Gasteiger partial charge >= 0.3 is 0 Å². The molecule has 2 aromatic rings.